The van der Waals surface area contributed by atoms with Crippen molar-refractivity contribution in [3.8, 4) is 5.95 Å². The summed E-state index contributed by atoms with van der Waals surface area (Å²) in [7, 11) is 1.70. The van der Waals surface area contributed by atoms with Crippen molar-refractivity contribution in [1.29, 1.82) is 0 Å². The maximum Gasteiger partial charge on any atom is 0.330 e. The Morgan fingerprint density at radius 3 is 2.78 bits per heavy atom. The zero-order valence-corrected chi connectivity index (χ0v) is 17.4. The number of halogens is 1. The molecule has 0 aliphatic heterocycles. The van der Waals surface area contributed by atoms with Crippen molar-refractivity contribution in [3.05, 3.63) is 75.6 Å². The molecule has 0 saturated heterocycles. The Morgan fingerprint density at radius 1 is 1.12 bits per heavy atom. The normalized spacial score (nSPS) is 20.2. The lowest BCUT2D eigenvalue weighted by Gasteiger charge is -2.29. The van der Waals surface area contributed by atoms with Gasteiger partial charge in [0.25, 0.3) is 0 Å². The van der Waals surface area contributed by atoms with Crippen molar-refractivity contribution in [3.63, 3.8) is 0 Å². The fourth-order valence-electron chi connectivity index (χ4n) is 4.89. The molecule has 2 unspecified atom stereocenters. The molecule has 2 atom stereocenters. The molecule has 0 spiro atoms. The van der Waals surface area contributed by atoms with Crippen molar-refractivity contribution in [2.75, 3.05) is 0 Å². The van der Waals surface area contributed by atoms with E-state index < -0.39 is 6.10 Å². The monoisotopic (exact) mass is 432 g/mol. The van der Waals surface area contributed by atoms with Gasteiger partial charge in [0.15, 0.2) is 5.65 Å². The lowest BCUT2D eigenvalue weighted by molar-refractivity contribution is 0.147. The molecule has 8 nitrogen and oxygen atoms in total. The van der Waals surface area contributed by atoms with Gasteiger partial charge in [0.05, 0.1) is 29.7 Å². The van der Waals surface area contributed by atoms with Crippen molar-refractivity contribution in [2.24, 2.45) is 7.05 Å². The van der Waals surface area contributed by atoms with Crippen LogP contribution in [0.15, 0.2) is 47.4 Å². The van der Waals surface area contributed by atoms with Gasteiger partial charge < -0.3 is 5.11 Å². The van der Waals surface area contributed by atoms with E-state index in [1.807, 2.05) is 24.3 Å². The van der Waals surface area contributed by atoms with E-state index in [2.05, 4.69) is 9.97 Å². The lowest BCUT2D eigenvalue weighted by Crippen LogP contribution is -2.30. The van der Waals surface area contributed by atoms with Gasteiger partial charge in [-0.25, -0.2) is 19.2 Å². The summed E-state index contributed by atoms with van der Waals surface area (Å²) >= 11 is 0. The molecule has 0 bridgehead atoms. The number of aliphatic hydroxyl groups is 1. The van der Waals surface area contributed by atoms with Crippen LogP contribution in [-0.4, -0.2) is 33.8 Å². The smallest absolute Gasteiger partial charge is 0.330 e. The Balaban J connectivity index is 1.56. The quantitative estimate of drug-likeness (QED) is 0.526. The van der Waals surface area contributed by atoms with Crippen LogP contribution in [0.5, 0.6) is 0 Å². The lowest BCUT2D eigenvalue weighted by atomic mass is 9.85. The largest absolute Gasteiger partial charge is 0.388 e. The van der Waals surface area contributed by atoms with Crippen LogP contribution >= 0.6 is 0 Å². The van der Waals surface area contributed by atoms with Gasteiger partial charge in [0.1, 0.15) is 17.7 Å². The topological polar surface area (TPSA) is 90.8 Å². The Labute approximate surface area is 182 Å². The summed E-state index contributed by atoms with van der Waals surface area (Å²) in [6.07, 6.45) is 6.19. The summed E-state index contributed by atoms with van der Waals surface area (Å²) < 4.78 is 18.8. The van der Waals surface area contributed by atoms with E-state index in [0.717, 1.165) is 16.8 Å². The van der Waals surface area contributed by atoms with Gasteiger partial charge in [0.2, 0.25) is 5.95 Å². The number of aromatic nitrogens is 6. The molecule has 3 heterocycles. The van der Waals surface area contributed by atoms with E-state index in [0.29, 0.717) is 48.5 Å². The average Bonchev–Trinajstić information content (AvgIpc) is 3.33. The number of aliphatic hydroxyl groups excluding tert-OH is 1. The molecule has 1 N–H and O–H groups in total. The minimum Gasteiger partial charge on any atom is -0.388 e. The number of fused-ring (bicyclic) bond motifs is 3. The number of hydrogen-bond acceptors (Lipinski definition) is 5. The summed E-state index contributed by atoms with van der Waals surface area (Å²) in [5, 5.41) is 10.5. The van der Waals surface area contributed by atoms with Crippen molar-refractivity contribution in [1.82, 2.24) is 28.7 Å². The highest BCUT2D eigenvalue weighted by Crippen LogP contribution is 2.38. The van der Waals surface area contributed by atoms with E-state index in [9.17, 15) is 14.3 Å². The molecular weight excluding hydrogens is 411 g/mol. The predicted octanol–water partition coefficient (Wildman–Crippen LogP) is 2.99. The fourth-order valence-corrected chi connectivity index (χ4v) is 4.89. The van der Waals surface area contributed by atoms with E-state index >= 15 is 0 Å². The van der Waals surface area contributed by atoms with Crippen molar-refractivity contribution in [2.45, 2.75) is 37.8 Å². The van der Waals surface area contributed by atoms with Crippen LogP contribution < -0.4 is 5.69 Å². The standard InChI is InChI=1S/C23H21FN6O2/c1-28-19-11-25-22(29-12-26-16-7-6-13(24)10-18(16)29)27-21(19)30(23(28)32)17-8-9-20(31)15-5-3-2-4-14(15)17/h2-5,10-12,17,20,31H,6-9H2,1H3. The summed E-state index contributed by atoms with van der Waals surface area (Å²) in [4.78, 5) is 26.8. The average molecular weight is 432 g/mol. The molecule has 0 fully saturated rings. The molecule has 2 aliphatic rings. The summed E-state index contributed by atoms with van der Waals surface area (Å²) in [5.74, 6) is 0.134. The first-order valence-electron chi connectivity index (χ1n) is 10.7. The van der Waals surface area contributed by atoms with Crippen LogP contribution in [-0.2, 0) is 13.5 Å². The van der Waals surface area contributed by atoms with Crippen LogP contribution in [0.4, 0.5) is 4.39 Å². The van der Waals surface area contributed by atoms with Crippen LogP contribution in [0, 0.1) is 0 Å². The van der Waals surface area contributed by atoms with Gasteiger partial charge in [0, 0.05) is 13.5 Å². The summed E-state index contributed by atoms with van der Waals surface area (Å²) in [5.41, 5.74) is 4.11. The number of imidazole rings is 2. The maximum atomic E-state index is 13.9. The van der Waals surface area contributed by atoms with Gasteiger partial charge in [-0.05, 0) is 36.5 Å². The first-order chi connectivity index (χ1) is 15.5. The van der Waals surface area contributed by atoms with Crippen molar-refractivity contribution < 1.29 is 9.50 Å². The fraction of sp³-hybridized carbons (Fsp3) is 0.304. The molecule has 6 rings (SSSR count). The van der Waals surface area contributed by atoms with Crippen LogP contribution in [0.2, 0.25) is 0 Å². The van der Waals surface area contributed by atoms with E-state index in [4.69, 9.17) is 4.98 Å². The molecule has 9 heteroatoms. The summed E-state index contributed by atoms with van der Waals surface area (Å²) in [6, 6.07) is 7.42. The molecule has 0 amide bonds. The highest BCUT2D eigenvalue weighted by atomic mass is 19.1. The SMILES string of the molecule is Cn1c(=O)n(C2CCC(O)c3ccccc32)c2nc(-n3cnc4c3C=C(F)CC4)ncc21. The van der Waals surface area contributed by atoms with Gasteiger partial charge in [-0.1, -0.05) is 24.3 Å². The van der Waals surface area contributed by atoms with E-state index in [1.165, 1.54) is 10.6 Å². The number of benzene rings is 1. The zero-order chi connectivity index (χ0) is 22.0. The zero-order valence-electron chi connectivity index (χ0n) is 17.4. The second-order valence-electron chi connectivity index (χ2n) is 8.37. The number of hydrogen-bond donors (Lipinski definition) is 1. The number of allylic oxidation sites excluding steroid dienone is 1. The molecule has 1 aromatic carbocycles. The maximum absolute atomic E-state index is 13.9. The molecule has 4 aromatic rings. The summed E-state index contributed by atoms with van der Waals surface area (Å²) in [6.45, 7) is 0. The molecular formula is C23H21FN6O2. The Hall–Kier alpha value is -3.59. The molecule has 3 aromatic heterocycles. The van der Waals surface area contributed by atoms with E-state index in [-0.39, 0.29) is 17.6 Å². The highest BCUT2D eigenvalue weighted by Gasteiger charge is 2.30. The number of rotatable bonds is 2. The second-order valence-corrected chi connectivity index (χ2v) is 8.37. The minimum absolute atomic E-state index is 0.193. The van der Waals surface area contributed by atoms with Gasteiger partial charge in [-0.2, -0.15) is 4.98 Å². The molecule has 0 radical (unpaired) electrons. The van der Waals surface area contributed by atoms with Crippen LogP contribution in [0.3, 0.4) is 0 Å². The molecule has 2 aliphatic carbocycles. The number of aryl methyl sites for hydroxylation is 2. The van der Waals surface area contributed by atoms with Crippen LogP contribution in [0.25, 0.3) is 23.2 Å². The molecule has 162 valence electrons. The minimum atomic E-state index is -0.544. The third-order valence-electron chi connectivity index (χ3n) is 6.55. The Morgan fingerprint density at radius 2 is 1.94 bits per heavy atom. The number of nitrogens with zero attached hydrogens (tertiary/aromatic N) is 6. The van der Waals surface area contributed by atoms with Crippen molar-refractivity contribution >= 4 is 17.2 Å². The van der Waals surface area contributed by atoms with Gasteiger partial charge in [-0.3, -0.25) is 13.7 Å². The molecule has 32 heavy (non-hydrogen) atoms. The second kappa shape index (κ2) is 6.96. The Kier molecular flexibility index (Phi) is 4.16. The van der Waals surface area contributed by atoms with E-state index in [1.54, 1.807) is 28.7 Å². The predicted molar refractivity (Wildman–Crippen MR) is 116 cm³/mol. The first-order valence-corrected chi connectivity index (χ1v) is 10.7. The third-order valence-corrected chi connectivity index (χ3v) is 6.55. The van der Waals surface area contributed by atoms with Gasteiger partial charge >= 0.3 is 5.69 Å². The third kappa shape index (κ3) is 2.70. The van der Waals surface area contributed by atoms with Gasteiger partial charge in [-0.15, -0.1) is 0 Å². The Bertz CT molecular complexity index is 1460. The van der Waals surface area contributed by atoms with Crippen LogP contribution in [0.1, 0.15) is 53.9 Å². The first kappa shape index (κ1) is 19.1. The highest BCUT2D eigenvalue weighted by molar-refractivity contribution is 5.72. The molecule has 0 saturated carbocycles.